The highest BCUT2D eigenvalue weighted by Gasteiger charge is 2.13. The van der Waals surface area contributed by atoms with Gasteiger partial charge in [0.15, 0.2) is 12.4 Å². The molecule has 2 aromatic rings. The van der Waals surface area contributed by atoms with E-state index in [9.17, 15) is 14.4 Å². The summed E-state index contributed by atoms with van der Waals surface area (Å²) >= 11 is 5.91. The minimum absolute atomic E-state index is 0.119. The van der Waals surface area contributed by atoms with Crippen molar-refractivity contribution < 1.29 is 19.1 Å². The fourth-order valence-electron chi connectivity index (χ4n) is 2.50. The van der Waals surface area contributed by atoms with Crippen LogP contribution in [0.1, 0.15) is 42.6 Å². The summed E-state index contributed by atoms with van der Waals surface area (Å²) in [5.41, 5.74) is 1.69. The molecule has 6 nitrogen and oxygen atoms in total. The van der Waals surface area contributed by atoms with Gasteiger partial charge in [-0.15, -0.1) is 0 Å². The molecule has 28 heavy (non-hydrogen) atoms. The lowest BCUT2D eigenvalue weighted by molar-refractivity contribution is -0.123. The molecule has 0 aliphatic carbocycles. The molecular weight excluding hydrogens is 380 g/mol. The molecule has 2 N–H and O–H groups in total. The number of rotatable bonds is 9. The van der Waals surface area contributed by atoms with Crippen LogP contribution >= 0.6 is 11.6 Å². The summed E-state index contributed by atoms with van der Waals surface area (Å²) < 4.78 is 5.51. The summed E-state index contributed by atoms with van der Waals surface area (Å²) in [4.78, 5) is 35.7. The summed E-state index contributed by atoms with van der Waals surface area (Å²) in [6, 6.07) is 11.9. The van der Waals surface area contributed by atoms with E-state index >= 15 is 0 Å². The number of carbonyl (C=O) groups excluding carboxylic acids is 3. The molecule has 2 aromatic carbocycles. The maximum Gasteiger partial charge on any atom is 0.258 e. The van der Waals surface area contributed by atoms with Gasteiger partial charge in [0.25, 0.3) is 5.91 Å². The number of ether oxygens (including phenoxy) is 1. The fourth-order valence-corrected chi connectivity index (χ4v) is 2.71. The topological polar surface area (TPSA) is 84.5 Å². The average Bonchev–Trinajstić information content (AvgIpc) is 2.65. The van der Waals surface area contributed by atoms with Crippen LogP contribution in [0.2, 0.25) is 5.02 Å². The van der Waals surface area contributed by atoms with Gasteiger partial charge in [0, 0.05) is 23.7 Å². The Labute approximate surface area is 169 Å². The fraction of sp³-hybridized carbons (Fsp3) is 0.286. The van der Waals surface area contributed by atoms with Crippen LogP contribution in [0.5, 0.6) is 5.75 Å². The maximum absolute atomic E-state index is 12.0. The number of hydrogen-bond acceptors (Lipinski definition) is 4. The predicted molar refractivity (Wildman–Crippen MR) is 109 cm³/mol. The monoisotopic (exact) mass is 402 g/mol. The van der Waals surface area contributed by atoms with E-state index in [4.69, 9.17) is 16.3 Å². The molecule has 0 atom stereocenters. The van der Waals surface area contributed by atoms with E-state index in [2.05, 4.69) is 10.6 Å². The van der Waals surface area contributed by atoms with Gasteiger partial charge >= 0.3 is 0 Å². The molecule has 0 radical (unpaired) electrons. The normalized spacial score (nSPS) is 10.2. The van der Waals surface area contributed by atoms with Crippen molar-refractivity contribution in [1.82, 2.24) is 5.32 Å². The first-order valence-electron chi connectivity index (χ1n) is 8.97. The lowest BCUT2D eigenvalue weighted by Crippen LogP contribution is -2.28. The molecule has 7 heteroatoms. The molecule has 0 fully saturated rings. The average molecular weight is 403 g/mol. The van der Waals surface area contributed by atoms with Crippen LogP contribution in [0.15, 0.2) is 42.5 Å². The number of anilines is 1. The smallest absolute Gasteiger partial charge is 0.258 e. The van der Waals surface area contributed by atoms with Crippen molar-refractivity contribution in [2.45, 2.75) is 33.2 Å². The Morgan fingerprint density at radius 2 is 1.86 bits per heavy atom. The third kappa shape index (κ3) is 6.70. The van der Waals surface area contributed by atoms with Crippen LogP contribution in [-0.2, 0) is 16.1 Å². The first-order chi connectivity index (χ1) is 13.4. The lowest BCUT2D eigenvalue weighted by Gasteiger charge is -2.12. The van der Waals surface area contributed by atoms with Crippen LogP contribution in [-0.4, -0.2) is 24.2 Å². The SMILES string of the molecule is CCCC(=O)Nc1ccc(OCC(=O)NCc2cccc(Cl)c2)c(C(C)=O)c1. The van der Waals surface area contributed by atoms with Gasteiger partial charge < -0.3 is 15.4 Å². The minimum Gasteiger partial charge on any atom is -0.483 e. The molecule has 0 bridgehead atoms. The van der Waals surface area contributed by atoms with Gasteiger partial charge in [0.2, 0.25) is 5.91 Å². The molecule has 148 valence electrons. The van der Waals surface area contributed by atoms with Crippen molar-refractivity contribution in [3.05, 3.63) is 58.6 Å². The largest absolute Gasteiger partial charge is 0.483 e. The van der Waals surface area contributed by atoms with Gasteiger partial charge in [0.05, 0.1) is 5.56 Å². The maximum atomic E-state index is 12.0. The Kier molecular flexibility index (Phi) is 8.02. The standard InChI is InChI=1S/C21H23ClN2O4/c1-3-5-20(26)24-17-8-9-19(18(11-17)14(2)25)28-13-21(27)23-12-15-6-4-7-16(22)10-15/h4,6-11H,3,5,12-13H2,1-2H3,(H,23,27)(H,24,26). The number of hydrogen-bond donors (Lipinski definition) is 2. The van der Waals surface area contributed by atoms with E-state index in [1.165, 1.54) is 6.92 Å². The molecule has 0 saturated heterocycles. The number of benzene rings is 2. The van der Waals surface area contributed by atoms with E-state index in [1.54, 1.807) is 36.4 Å². The second kappa shape index (κ2) is 10.5. The Hall–Kier alpha value is -2.86. The van der Waals surface area contributed by atoms with Gasteiger partial charge in [-0.1, -0.05) is 30.7 Å². The second-order valence-electron chi connectivity index (χ2n) is 6.26. The Morgan fingerprint density at radius 3 is 2.54 bits per heavy atom. The summed E-state index contributed by atoms with van der Waals surface area (Å²) in [7, 11) is 0. The van der Waals surface area contributed by atoms with E-state index in [-0.39, 0.29) is 24.2 Å². The predicted octanol–water partition coefficient (Wildman–Crippen LogP) is 3.98. The van der Waals surface area contributed by atoms with Crippen molar-refractivity contribution in [2.24, 2.45) is 0 Å². The van der Waals surface area contributed by atoms with Gasteiger partial charge in [-0.05, 0) is 49.2 Å². The number of carbonyl (C=O) groups is 3. The number of Topliss-reactive ketones (excluding diaryl/α,β-unsaturated/α-hetero) is 1. The molecule has 0 aliphatic rings. The van der Waals surface area contributed by atoms with E-state index in [1.807, 2.05) is 13.0 Å². The number of ketones is 1. The van der Waals surface area contributed by atoms with E-state index in [0.29, 0.717) is 35.0 Å². The first kappa shape index (κ1) is 21.4. The molecule has 0 unspecified atom stereocenters. The van der Waals surface area contributed by atoms with Crippen molar-refractivity contribution in [1.29, 1.82) is 0 Å². The van der Waals surface area contributed by atoms with Crippen molar-refractivity contribution in [3.8, 4) is 5.75 Å². The number of amides is 2. The quantitative estimate of drug-likeness (QED) is 0.621. The van der Waals surface area contributed by atoms with Gasteiger partial charge in [-0.3, -0.25) is 14.4 Å². The molecule has 0 spiro atoms. The minimum atomic E-state index is -0.324. The summed E-state index contributed by atoms with van der Waals surface area (Å²) in [5, 5.41) is 6.07. The third-order valence-electron chi connectivity index (χ3n) is 3.86. The molecular formula is C21H23ClN2O4. The highest BCUT2D eigenvalue weighted by molar-refractivity contribution is 6.30. The molecule has 2 amide bonds. The van der Waals surface area contributed by atoms with Crippen molar-refractivity contribution in [2.75, 3.05) is 11.9 Å². The molecule has 0 heterocycles. The van der Waals surface area contributed by atoms with Crippen LogP contribution in [0.25, 0.3) is 0 Å². The molecule has 0 saturated carbocycles. The van der Waals surface area contributed by atoms with Crippen LogP contribution in [0.3, 0.4) is 0 Å². The van der Waals surface area contributed by atoms with Crippen LogP contribution in [0.4, 0.5) is 5.69 Å². The van der Waals surface area contributed by atoms with Crippen molar-refractivity contribution in [3.63, 3.8) is 0 Å². The summed E-state index contributed by atoms with van der Waals surface area (Å²) in [5.74, 6) is -0.374. The first-order valence-corrected chi connectivity index (χ1v) is 9.35. The zero-order chi connectivity index (χ0) is 20.5. The molecule has 0 aliphatic heterocycles. The van der Waals surface area contributed by atoms with Crippen LogP contribution < -0.4 is 15.4 Å². The number of halogens is 1. The van der Waals surface area contributed by atoms with Crippen LogP contribution in [0, 0.1) is 0 Å². The Morgan fingerprint density at radius 1 is 1.07 bits per heavy atom. The lowest BCUT2D eigenvalue weighted by atomic mass is 10.1. The van der Waals surface area contributed by atoms with Gasteiger partial charge in [0.1, 0.15) is 5.75 Å². The Balaban J connectivity index is 1.95. The molecule has 0 aromatic heterocycles. The highest BCUT2D eigenvalue weighted by atomic mass is 35.5. The Bertz CT molecular complexity index is 867. The third-order valence-corrected chi connectivity index (χ3v) is 4.09. The van der Waals surface area contributed by atoms with Crippen molar-refractivity contribution >= 4 is 34.9 Å². The zero-order valence-electron chi connectivity index (χ0n) is 15.9. The van der Waals surface area contributed by atoms with E-state index in [0.717, 1.165) is 12.0 Å². The van der Waals surface area contributed by atoms with Gasteiger partial charge in [-0.25, -0.2) is 0 Å². The second-order valence-corrected chi connectivity index (χ2v) is 6.70. The zero-order valence-corrected chi connectivity index (χ0v) is 16.6. The van der Waals surface area contributed by atoms with E-state index < -0.39 is 0 Å². The summed E-state index contributed by atoms with van der Waals surface area (Å²) in [6.07, 6.45) is 1.14. The number of nitrogens with one attached hydrogen (secondary N) is 2. The van der Waals surface area contributed by atoms with Gasteiger partial charge in [-0.2, -0.15) is 0 Å². The summed E-state index contributed by atoms with van der Waals surface area (Å²) in [6.45, 7) is 3.40. The highest BCUT2D eigenvalue weighted by Crippen LogP contribution is 2.24. The molecule has 2 rings (SSSR count).